The molecule has 3 aromatic carbocycles. The first kappa shape index (κ1) is 15.3. The van der Waals surface area contributed by atoms with E-state index >= 15 is 0 Å². The Morgan fingerprint density at radius 3 is 1.75 bits per heavy atom. The maximum atomic E-state index is 9.88. The molecule has 0 aliphatic rings. The third-order valence-corrected chi connectivity index (χ3v) is 4.95. The van der Waals surface area contributed by atoms with Gasteiger partial charge in [-0.3, -0.25) is 0 Å². The molecule has 118 valence electrons. The maximum Gasteiger partial charge on any atom is 0.213 e. The van der Waals surface area contributed by atoms with Crippen LogP contribution in [-0.2, 0) is 7.05 Å². The van der Waals surface area contributed by atoms with Crippen LogP contribution < -0.4 is 4.57 Å². The van der Waals surface area contributed by atoms with Crippen LogP contribution in [0.25, 0.3) is 32.9 Å². The molecule has 0 saturated carbocycles. The second-order valence-electron chi connectivity index (χ2n) is 5.76. The SMILES string of the molecule is C[n+]1c2ccccc2c(-c2cc(Cl)c(O)c(Cl)c2)c2ccccc21. The zero-order valence-electron chi connectivity index (χ0n) is 12.9. The topological polar surface area (TPSA) is 24.1 Å². The molecular formula is C20H14Cl2NO+. The van der Waals surface area contributed by atoms with Crippen LogP contribution in [0.15, 0.2) is 60.7 Å². The molecular weight excluding hydrogens is 341 g/mol. The summed E-state index contributed by atoms with van der Waals surface area (Å²) in [6.45, 7) is 0. The summed E-state index contributed by atoms with van der Waals surface area (Å²) in [6, 6.07) is 20.0. The third kappa shape index (κ3) is 2.22. The Kier molecular flexibility index (Phi) is 3.60. The molecule has 4 rings (SSSR count). The van der Waals surface area contributed by atoms with E-state index in [0.29, 0.717) is 0 Å². The second-order valence-corrected chi connectivity index (χ2v) is 6.57. The van der Waals surface area contributed by atoms with E-state index in [4.69, 9.17) is 23.2 Å². The van der Waals surface area contributed by atoms with Gasteiger partial charge in [-0.25, -0.2) is 0 Å². The number of fused-ring (bicyclic) bond motifs is 2. The Labute approximate surface area is 149 Å². The monoisotopic (exact) mass is 354 g/mol. The van der Waals surface area contributed by atoms with E-state index in [-0.39, 0.29) is 15.8 Å². The number of hydrogen-bond donors (Lipinski definition) is 1. The number of rotatable bonds is 1. The minimum atomic E-state index is -0.0859. The molecule has 1 aromatic heterocycles. The van der Waals surface area contributed by atoms with E-state index < -0.39 is 0 Å². The van der Waals surface area contributed by atoms with Crippen LogP contribution >= 0.6 is 23.2 Å². The lowest BCUT2D eigenvalue weighted by Gasteiger charge is -2.12. The highest BCUT2D eigenvalue weighted by Gasteiger charge is 2.19. The standard InChI is InChI=1S/C20H13Cl2NO/c1-23-17-8-4-2-6-13(17)19(14-7-3-5-9-18(14)23)12-10-15(21)20(24)16(22)11-12/h2-11H,1H3/p+1. The smallest absolute Gasteiger partial charge is 0.213 e. The van der Waals surface area contributed by atoms with Gasteiger partial charge < -0.3 is 5.11 Å². The zero-order chi connectivity index (χ0) is 16.8. The number of halogens is 2. The van der Waals surface area contributed by atoms with Crippen molar-refractivity contribution in [1.29, 1.82) is 0 Å². The van der Waals surface area contributed by atoms with Crippen LogP contribution in [0.4, 0.5) is 0 Å². The van der Waals surface area contributed by atoms with Crippen LogP contribution in [0, 0.1) is 0 Å². The minimum Gasteiger partial charge on any atom is -0.505 e. The number of aromatic hydroxyl groups is 1. The number of aryl methyl sites for hydroxylation is 1. The molecule has 24 heavy (non-hydrogen) atoms. The summed E-state index contributed by atoms with van der Waals surface area (Å²) >= 11 is 12.3. The number of nitrogens with zero attached hydrogens (tertiary/aromatic N) is 1. The quantitative estimate of drug-likeness (QED) is 0.354. The van der Waals surface area contributed by atoms with Gasteiger partial charge in [-0.1, -0.05) is 47.5 Å². The lowest BCUT2D eigenvalue weighted by molar-refractivity contribution is -0.617. The highest BCUT2D eigenvalue weighted by atomic mass is 35.5. The molecule has 0 spiro atoms. The van der Waals surface area contributed by atoms with Gasteiger partial charge in [-0.05, 0) is 29.8 Å². The van der Waals surface area contributed by atoms with Crippen molar-refractivity contribution < 1.29 is 9.67 Å². The van der Waals surface area contributed by atoms with E-state index in [1.807, 2.05) is 24.3 Å². The highest BCUT2D eigenvalue weighted by molar-refractivity contribution is 6.37. The van der Waals surface area contributed by atoms with E-state index in [9.17, 15) is 5.11 Å². The number of hydrogen-bond acceptors (Lipinski definition) is 1. The van der Waals surface area contributed by atoms with E-state index in [1.54, 1.807) is 12.1 Å². The van der Waals surface area contributed by atoms with Gasteiger partial charge in [0.2, 0.25) is 11.0 Å². The average molecular weight is 355 g/mol. The van der Waals surface area contributed by atoms with Gasteiger partial charge in [0.05, 0.1) is 20.8 Å². The molecule has 1 heterocycles. The van der Waals surface area contributed by atoms with Crippen molar-refractivity contribution in [3.8, 4) is 16.9 Å². The normalized spacial score (nSPS) is 11.3. The van der Waals surface area contributed by atoms with E-state index in [2.05, 4.69) is 35.9 Å². The number of aromatic nitrogens is 1. The molecule has 0 aliphatic heterocycles. The summed E-state index contributed by atoms with van der Waals surface area (Å²) in [5.74, 6) is -0.0859. The third-order valence-electron chi connectivity index (χ3n) is 4.38. The average Bonchev–Trinajstić information content (AvgIpc) is 2.60. The van der Waals surface area contributed by atoms with Crippen molar-refractivity contribution in [2.45, 2.75) is 0 Å². The number of benzene rings is 3. The molecule has 0 radical (unpaired) electrons. The van der Waals surface area contributed by atoms with E-state index in [1.165, 1.54) is 0 Å². The van der Waals surface area contributed by atoms with Gasteiger partial charge in [0.25, 0.3) is 0 Å². The molecule has 0 saturated heterocycles. The van der Waals surface area contributed by atoms with Gasteiger partial charge in [-0.15, -0.1) is 0 Å². The van der Waals surface area contributed by atoms with Crippen LogP contribution in [0.2, 0.25) is 10.0 Å². The molecule has 0 amide bonds. The van der Waals surface area contributed by atoms with Crippen molar-refractivity contribution in [2.75, 3.05) is 0 Å². The molecule has 0 fully saturated rings. The van der Waals surface area contributed by atoms with Crippen molar-refractivity contribution in [3.63, 3.8) is 0 Å². The molecule has 1 N–H and O–H groups in total. The molecule has 0 bridgehead atoms. The predicted octanol–water partition coefficient (Wildman–Crippen LogP) is 5.50. The minimum absolute atomic E-state index is 0.0859. The molecule has 4 aromatic rings. The second kappa shape index (κ2) is 5.66. The van der Waals surface area contributed by atoms with Crippen LogP contribution in [0.5, 0.6) is 5.75 Å². The van der Waals surface area contributed by atoms with Gasteiger partial charge in [0, 0.05) is 17.7 Å². The predicted molar refractivity (Wildman–Crippen MR) is 99.8 cm³/mol. The molecule has 0 aliphatic carbocycles. The fraction of sp³-hybridized carbons (Fsp3) is 0.0500. The first-order valence-electron chi connectivity index (χ1n) is 7.56. The lowest BCUT2D eigenvalue weighted by Crippen LogP contribution is -2.30. The Morgan fingerprint density at radius 1 is 0.792 bits per heavy atom. The largest absolute Gasteiger partial charge is 0.505 e. The van der Waals surface area contributed by atoms with Gasteiger partial charge in [0.15, 0.2) is 5.75 Å². The zero-order valence-corrected chi connectivity index (χ0v) is 14.4. The van der Waals surface area contributed by atoms with Crippen LogP contribution in [0.1, 0.15) is 0 Å². The first-order valence-corrected chi connectivity index (χ1v) is 8.31. The lowest BCUT2D eigenvalue weighted by atomic mass is 9.95. The van der Waals surface area contributed by atoms with Crippen molar-refractivity contribution in [2.24, 2.45) is 7.05 Å². The van der Waals surface area contributed by atoms with Gasteiger partial charge in [0.1, 0.15) is 7.05 Å². The Hall–Kier alpha value is -2.29. The molecule has 0 atom stereocenters. The summed E-state index contributed by atoms with van der Waals surface area (Å²) in [6.07, 6.45) is 0. The molecule has 0 unspecified atom stereocenters. The highest BCUT2D eigenvalue weighted by Crippen LogP contribution is 2.40. The summed E-state index contributed by atoms with van der Waals surface area (Å²) in [4.78, 5) is 0. The van der Waals surface area contributed by atoms with Crippen molar-refractivity contribution >= 4 is 45.0 Å². The Morgan fingerprint density at radius 2 is 1.25 bits per heavy atom. The fourth-order valence-electron chi connectivity index (χ4n) is 3.25. The number of phenolic OH excluding ortho intramolecular Hbond substituents is 1. The van der Waals surface area contributed by atoms with Gasteiger partial charge >= 0.3 is 0 Å². The van der Waals surface area contributed by atoms with Crippen molar-refractivity contribution in [1.82, 2.24) is 0 Å². The molecule has 4 heteroatoms. The fourth-order valence-corrected chi connectivity index (χ4v) is 3.74. The number of pyridine rings is 1. The van der Waals surface area contributed by atoms with Crippen LogP contribution in [0.3, 0.4) is 0 Å². The number of phenols is 1. The van der Waals surface area contributed by atoms with Crippen LogP contribution in [-0.4, -0.2) is 5.11 Å². The number of para-hydroxylation sites is 2. The summed E-state index contributed by atoms with van der Waals surface area (Å²) in [5.41, 5.74) is 4.18. The first-order chi connectivity index (χ1) is 11.6. The van der Waals surface area contributed by atoms with Gasteiger partial charge in [-0.2, -0.15) is 4.57 Å². The van der Waals surface area contributed by atoms with Crippen molar-refractivity contribution in [3.05, 3.63) is 70.7 Å². The summed E-state index contributed by atoms with van der Waals surface area (Å²) in [5, 5.41) is 12.6. The Balaban J connectivity index is 2.23. The maximum absolute atomic E-state index is 9.88. The summed E-state index contributed by atoms with van der Waals surface area (Å²) in [7, 11) is 2.06. The summed E-state index contributed by atoms with van der Waals surface area (Å²) < 4.78 is 2.18. The Bertz CT molecular complexity index is 1030. The van der Waals surface area contributed by atoms with E-state index in [0.717, 1.165) is 32.9 Å². The molecule has 2 nitrogen and oxygen atoms in total.